The highest BCUT2D eigenvalue weighted by Crippen LogP contribution is 2.35. The number of nitrogens with two attached hydrogens (primary N) is 1. The first-order valence-electron chi connectivity index (χ1n) is 5.65. The van der Waals surface area contributed by atoms with Crippen molar-refractivity contribution >= 4 is 16.5 Å². The van der Waals surface area contributed by atoms with Gasteiger partial charge in [-0.05, 0) is 19.4 Å². The van der Waals surface area contributed by atoms with E-state index >= 15 is 0 Å². The second-order valence-corrected chi connectivity index (χ2v) is 4.76. The predicted molar refractivity (Wildman–Crippen MR) is 72.0 cm³/mol. The van der Waals surface area contributed by atoms with Gasteiger partial charge in [-0.1, -0.05) is 41.7 Å². The number of nitrogen functional groups attached to an aromatic ring is 1. The second kappa shape index (κ2) is 5.29. The van der Waals surface area contributed by atoms with E-state index < -0.39 is 0 Å². The summed E-state index contributed by atoms with van der Waals surface area (Å²) >= 11 is 1.51. The van der Waals surface area contributed by atoms with E-state index in [1.807, 2.05) is 32.0 Å². The average molecular weight is 248 g/mol. The van der Waals surface area contributed by atoms with Crippen LogP contribution in [0.15, 0.2) is 30.3 Å². The van der Waals surface area contributed by atoms with Crippen molar-refractivity contribution in [1.29, 1.82) is 0 Å². The molecule has 3 nitrogen and oxygen atoms in total. The molecule has 2 N–H and O–H groups in total. The van der Waals surface area contributed by atoms with Gasteiger partial charge in [-0.15, -0.1) is 0 Å². The summed E-state index contributed by atoms with van der Waals surface area (Å²) in [6.07, 6.45) is -0.0243. The summed E-state index contributed by atoms with van der Waals surface area (Å²) in [6, 6.07) is 10.2. The molecule has 90 valence electrons. The van der Waals surface area contributed by atoms with Crippen LogP contribution >= 0.6 is 11.3 Å². The quantitative estimate of drug-likeness (QED) is 0.901. The van der Waals surface area contributed by atoms with Crippen molar-refractivity contribution in [1.82, 2.24) is 4.98 Å². The molecule has 0 radical (unpaired) electrons. The molecule has 0 amide bonds. The molecule has 2 aromatic rings. The van der Waals surface area contributed by atoms with Crippen LogP contribution in [-0.4, -0.2) is 11.6 Å². The van der Waals surface area contributed by atoms with E-state index in [1.54, 1.807) is 0 Å². The van der Waals surface area contributed by atoms with Crippen LogP contribution in [0, 0.1) is 0 Å². The first kappa shape index (κ1) is 12.1. The van der Waals surface area contributed by atoms with Gasteiger partial charge in [0.1, 0.15) is 0 Å². The molecule has 4 heteroatoms. The molecule has 1 atom stereocenters. The Kier molecular flexibility index (Phi) is 3.76. The highest BCUT2D eigenvalue weighted by Gasteiger charge is 2.17. The van der Waals surface area contributed by atoms with E-state index in [0.717, 1.165) is 16.1 Å². The number of nitrogens with zero attached hydrogens (tertiary/aromatic N) is 1. The Labute approximate surface area is 105 Å². The Balaban J connectivity index is 2.40. The second-order valence-electron chi connectivity index (χ2n) is 3.73. The lowest BCUT2D eigenvalue weighted by atomic mass is 10.1. The largest absolute Gasteiger partial charge is 0.375 e. The molecule has 0 fully saturated rings. The highest BCUT2D eigenvalue weighted by molar-refractivity contribution is 7.18. The molecular formula is C13H16N2OS. The number of hydrogen-bond acceptors (Lipinski definition) is 4. The van der Waals surface area contributed by atoms with Crippen molar-refractivity contribution in [3.05, 3.63) is 36.0 Å². The summed E-state index contributed by atoms with van der Waals surface area (Å²) in [5.41, 5.74) is 7.88. The Hall–Kier alpha value is -1.39. The molecule has 1 aromatic carbocycles. The molecule has 0 aliphatic carbocycles. The van der Waals surface area contributed by atoms with Gasteiger partial charge in [0.2, 0.25) is 0 Å². The lowest BCUT2D eigenvalue weighted by Crippen LogP contribution is -2.01. The van der Waals surface area contributed by atoms with Crippen molar-refractivity contribution in [2.24, 2.45) is 0 Å². The van der Waals surface area contributed by atoms with E-state index in [2.05, 4.69) is 17.1 Å². The molecule has 0 saturated heterocycles. The van der Waals surface area contributed by atoms with Gasteiger partial charge in [0, 0.05) is 6.61 Å². The van der Waals surface area contributed by atoms with Crippen molar-refractivity contribution in [2.45, 2.75) is 20.0 Å². The normalized spacial score (nSPS) is 12.6. The molecule has 17 heavy (non-hydrogen) atoms. The number of aromatic nitrogens is 1. The topological polar surface area (TPSA) is 48.1 Å². The number of thiazole rings is 1. The zero-order chi connectivity index (χ0) is 12.3. The first-order chi connectivity index (χ1) is 8.22. The van der Waals surface area contributed by atoms with Crippen LogP contribution in [0.5, 0.6) is 0 Å². The number of rotatable bonds is 4. The van der Waals surface area contributed by atoms with Crippen LogP contribution in [-0.2, 0) is 4.74 Å². The monoisotopic (exact) mass is 248 g/mol. The van der Waals surface area contributed by atoms with Crippen LogP contribution in [0.3, 0.4) is 0 Å². The maximum absolute atomic E-state index is 5.80. The van der Waals surface area contributed by atoms with Gasteiger partial charge in [0.05, 0.1) is 16.7 Å². The number of hydrogen-bond donors (Lipinski definition) is 1. The van der Waals surface area contributed by atoms with Gasteiger partial charge in [-0.25, -0.2) is 4.98 Å². The van der Waals surface area contributed by atoms with Gasteiger partial charge in [-0.2, -0.15) is 0 Å². The Morgan fingerprint density at radius 3 is 2.71 bits per heavy atom. The third-order valence-corrected chi connectivity index (χ3v) is 3.46. The van der Waals surface area contributed by atoms with Crippen molar-refractivity contribution in [3.8, 4) is 10.4 Å². The molecule has 0 aliphatic heterocycles. The molecule has 0 saturated carbocycles. The third-order valence-electron chi connectivity index (χ3n) is 2.51. The fourth-order valence-corrected chi connectivity index (χ4v) is 2.67. The number of benzene rings is 1. The van der Waals surface area contributed by atoms with Gasteiger partial charge >= 0.3 is 0 Å². The molecule has 2 rings (SSSR count). The van der Waals surface area contributed by atoms with Gasteiger partial charge < -0.3 is 10.5 Å². The average Bonchev–Trinajstić information content (AvgIpc) is 2.73. The Morgan fingerprint density at radius 2 is 2.06 bits per heavy atom. The van der Waals surface area contributed by atoms with Crippen LogP contribution < -0.4 is 5.73 Å². The molecule has 1 unspecified atom stereocenters. The van der Waals surface area contributed by atoms with Crippen LogP contribution in [0.2, 0.25) is 0 Å². The van der Waals surface area contributed by atoms with E-state index in [9.17, 15) is 0 Å². The lowest BCUT2D eigenvalue weighted by molar-refractivity contribution is 0.0742. The summed E-state index contributed by atoms with van der Waals surface area (Å²) in [4.78, 5) is 5.48. The standard InChI is InChI=1S/C13H16N2OS/c1-3-16-9(2)11-12(17-13(14)15-11)10-7-5-4-6-8-10/h4-9H,3H2,1-2H3,(H2,14,15). The smallest absolute Gasteiger partial charge is 0.180 e. The third kappa shape index (κ3) is 2.65. The van der Waals surface area contributed by atoms with Crippen LogP contribution in [0.25, 0.3) is 10.4 Å². The zero-order valence-electron chi connectivity index (χ0n) is 10.0. The van der Waals surface area contributed by atoms with Gasteiger partial charge in [0.25, 0.3) is 0 Å². The SMILES string of the molecule is CCOC(C)c1nc(N)sc1-c1ccccc1. The summed E-state index contributed by atoms with van der Waals surface area (Å²) in [5, 5.41) is 0.588. The van der Waals surface area contributed by atoms with E-state index in [4.69, 9.17) is 10.5 Å². The maximum Gasteiger partial charge on any atom is 0.180 e. The van der Waals surface area contributed by atoms with E-state index in [1.165, 1.54) is 11.3 Å². The zero-order valence-corrected chi connectivity index (χ0v) is 10.8. The summed E-state index contributed by atoms with van der Waals surface area (Å²) in [5.74, 6) is 0. The van der Waals surface area contributed by atoms with E-state index in [-0.39, 0.29) is 6.10 Å². The highest BCUT2D eigenvalue weighted by atomic mass is 32.1. The predicted octanol–water partition coefficient (Wildman–Crippen LogP) is 3.49. The lowest BCUT2D eigenvalue weighted by Gasteiger charge is -2.10. The first-order valence-corrected chi connectivity index (χ1v) is 6.47. The molecule has 1 heterocycles. The minimum Gasteiger partial charge on any atom is -0.375 e. The summed E-state index contributed by atoms with van der Waals surface area (Å²) < 4.78 is 5.59. The minimum absolute atomic E-state index is 0.0243. The molecule has 0 aliphatic rings. The van der Waals surface area contributed by atoms with Crippen molar-refractivity contribution in [3.63, 3.8) is 0 Å². The molecule has 0 bridgehead atoms. The Morgan fingerprint density at radius 1 is 1.35 bits per heavy atom. The van der Waals surface area contributed by atoms with E-state index in [0.29, 0.717) is 11.7 Å². The van der Waals surface area contributed by atoms with Gasteiger partial charge in [-0.3, -0.25) is 0 Å². The number of anilines is 1. The van der Waals surface area contributed by atoms with Crippen LogP contribution in [0.1, 0.15) is 25.6 Å². The molecule has 1 aromatic heterocycles. The van der Waals surface area contributed by atoms with Gasteiger partial charge in [0.15, 0.2) is 5.13 Å². The molecular weight excluding hydrogens is 232 g/mol. The minimum atomic E-state index is -0.0243. The van der Waals surface area contributed by atoms with Crippen LogP contribution in [0.4, 0.5) is 5.13 Å². The number of ether oxygens (including phenoxy) is 1. The fraction of sp³-hybridized carbons (Fsp3) is 0.308. The van der Waals surface area contributed by atoms with Crippen molar-refractivity contribution < 1.29 is 4.74 Å². The Bertz CT molecular complexity index is 481. The fourth-order valence-electron chi connectivity index (χ4n) is 1.75. The van der Waals surface area contributed by atoms with Crippen molar-refractivity contribution in [2.75, 3.05) is 12.3 Å². The maximum atomic E-state index is 5.80. The summed E-state index contributed by atoms with van der Waals surface area (Å²) in [6.45, 7) is 4.66. The molecule has 0 spiro atoms. The summed E-state index contributed by atoms with van der Waals surface area (Å²) in [7, 11) is 0.